The maximum atomic E-state index is 3.73. The van der Waals surface area contributed by atoms with Crippen molar-refractivity contribution in [1.29, 1.82) is 0 Å². The number of rotatable bonds is 8. The molecule has 0 radical (unpaired) electrons. The summed E-state index contributed by atoms with van der Waals surface area (Å²) in [6.45, 7) is 11.9. The van der Waals surface area contributed by atoms with Gasteiger partial charge in [-0.2, -0.15) is 11.8 Å². The molecular formula is C14H22S. The Bertz CT molecular complexity index is 236. The van der Waals surface area contributed by atoms with Crippen LogP contribution in [0.15, 0.2) is 49.1 Å². The van der Waals surface area contributed by atoms with Crippen LogP contribution in [0, 0.1) is 0 Å². The summed E-state index contributed by atoms with van der Waals surface area (Å²) >= 11 is 2.00. The lowest BCUT2D eigenvalue weighted by Gasteiger charge is -2.09. The quantitative estimate of drug-likeness (QED) is 0.533. The maximum absolute atomic E-state index is 3.73. The average Bonchev–Trinajstić information content (AvgIpc) is 2.22. The van der Waals surface area contributed by atoms with E-state index in [1.165, 1.54) is 18.4 Å². The lowest BCUT2D eigenvalue weighted by molar-refractivity contribution is 0.788. The van der Waals surface area contributed by atoms with Gasteiger partial charge in [0.05, 0.1) is 0 Å². The van der Waals surface area contributed by atoms with E-state index in [-0.39, 0.29) is 0 Å². The van der Waals surface area contributed by atoms with E-state index in [0.717, 1.165) is 11.0 Å². The molecular weight excluding hydrogens is 200 g/mol. The third-order valence-electron chi connectivity index (χ3n) is 2.01. The third kappa shape index (κ3) is 8.31. The number of hydrogen-bond acceptors (Lipinski definition) is 1. The molecule has 1 heteroatoms. The van der Waals surface area contributed by atoms with Gasteiger partial charge in [-0.3, -0.25) is 0 Å². The fraction of sp³-hybridized carbons (Fsp3) is 0.429. The van der Waals surface area contributed by atoms with Crippen molar-refractivity contribution < 1.29 is 0 Å². The molecule has 0 amide bonds. The van der Waals surface area contributed by atoms with Gasteiger partial charge in [0.25, 0.3) is 0 Å². The van der Waals surface area contributed by atoms with Gasteiger partial charge in [0.1, 0.15) is 0 Å². The van der Waals surface area contributed by atoms with Gasteiger partial charge in [-0.15, -0.1) is 0 Å². The fourth-order valence-electron chi connectivity index (χ4n) is 1.22. The largest absolute Gasteiger partial charge is 0.154 e. The number of allylic oxidation sites excluding steroid dienone is 5. The molecule has 84 valence electrons. The molecule has 0 saturated carbocycles. The van der Waals surface area contributed by atoms with Crippen molar-refractivity contribution in [2.45, 2.75) is 31.9 Å². The summed E-state index contributed by atoms with van der Waals surface area (Å²) in [5.41, 5.74) is 1.30. The molecule has 0 aliphatic rings. The van der Waals surface area contributed by atoms with Crippen molar-refractivity contribution >= 4 is 11.8 Å². The Morgan fingerprint density at radius 1 is 1.33 bits per heavy atom. The molecule has 0 bridgehead atoms. The van der Waals surface area contributed by atoms with Crippen LogP contribution in [-0.2, 0) is 0 Å². The van der Waals surface area contributed by atoms with E-state index < -0.39 is 0 Å². The van der Waals surface area contributed by atoms with E-state index in [0.29, 0.717) is 0 Å². The molecule has 0 saturated heterocycles. The third-order valence-corrected chi connectivity index (χ3v) is 3.31. The lowest BCUT2D eigenvalue weighted by Crippen LogP contribution is -1.97. The summed E-state index contributed by atoms with van der Waals surface area (Å²) in [6, 6.07) is 0. The molecule has 0 aromatic rings. The Labute approximate surface area is 98.8 Å². The Balaban J connectivity index is 4.07. The fourth-order valence-corrected chi connectivity index (χ4v) is 2.29. The first-order chi connectivity index (χ1) is 7.24. The van der Waals surface area contributed by atoms with Crippen LogP contribution >= 0.6 is 11.8 Å². The smallest absolute Gasteiger partial charge is 0.0187 e. The van der Waals surface area contributed by atoms with Crippen molar-refractivity contribution in [3.05, 3.63) is 49.1 Å². The van der Waals surface area contributed by atoms with Crippen LogP contribution in [-0.4, -0.2) is 11.0 Å². The molecule has 0 nitrogen and oxygen atoms in total. The van der Waals surface area contributed by atoms with Gasteiger partial charge in [-0.05, 0) is 12.0 Å². The Kier molecular flexibility index (Phi) is 9.40. The molecule has 0 aromatic carbocycles. The predicted molar refractivity (Wildman–Crippen MR) is 74.4 cm³/mol. The normalized spacial score (nSPS) is 14.1. The highest BCUT2D eigenvalue weighted by Gasteiger charge is 2.01. The zero-order valence-corrected chi connectivity index (χ0v) is 10.7. The Morgan fingerprint density at radius 3 is 2.60 bits per heavy atom. The molecule has 0 aromatic heterocycles. The predicted octanol–water partition coefficient (Wildman–Crippen LogP) is 4.76. The van der Waals surface area contributed by atoms with E-state index in [2.05, 4.69) is 39.2 Å². The molecule has 0 heterocycles. The summed E-state index contributed by atoms with van der Waals surface area (Å²) in [4.78, 5) is 0. The molecule has 0 fully saturated rings. The lowest BCUT2D eigenvalue weighted by atomic mass is 10.2. The van der Waals surface area contributed by atoms with E-state index >= 15 is 0 Å². The molecule has 1 unspecified atom stereocenters. The van der Waals surface area contributed by atoms with Crippen LogP contribution in [0.3, 0.4) is 0 Å². The summed E-state index contributed by atoms with van der Waals surface area (Å²) in [5.74, 6) is 1.05. The van der Waals surface area contributed by atoms with Crippen molar-refractivity contribution in [2.24, 2.45) is 0 Å². The molecule has 0 aliphatic carbocycles. The molecule has 0 N–H and O–H groups in total. The van der Waals surface area contributed by atoms with E-state index in [1.54, 1.807) is 6.08 Å². The second-order valence-electron chi connectivity index (χ2n) is 3.48. The second-order valence-corrected chi connectivity index (χ2v) is 4.91. The summed E-state index contributed by atoms with van der Waals surface area (Å²) in [7, 11) is 0. The zero-order chi connectivity index (χ0) is 11.5. The van der Waals surface area contributed by atoms with Gasteiger partial charge in [0.2, 0.25) is 0 Å². The van der Waals surface area contributed by atoms with Crippen LogP contribution < -0.4 is 0 Å². The van der Waals surface area contributed by atoms with Gasteiger partial charge in [-0.1, -0.05) is 63.8 Å². The van der Waals surface area contributed by atoms with E-state index in [1.807, 2.05) is 23.9 Å². The van der Waals surface area contributed by atoms with Gasteiger partial charge < -0.3 is 0 Å². The minimum atomic E-state index is 0.736. The minimum Gasteiger partial charge on any atom is -0.154 e. The standard InChI is InChI=1S/C14H22S/c1-5-8-11-14(10-7-3)12-15-13(4)9-6-2/h5,7-8,10-11,13H,1,3,6,9,12H2,2,4H3/b11-8-,14-10+. The van der Waals surface area contributed by atoms with Crippen LogP contribution in [0.1, 0.15) is 26.7 Å². The summed E-state index contributed by atoms with van der Waals surface area (Å²) in [5, 5.41) is 0.736. The summed E-state index contributed by atoms with van der Waals surface area (Å²) in [6.07, 6.45) is 12.3. The Hall–Kier alpha value is -0.690. The number of hydrogen-bond donors (Lipinski definition) is 0. The first-order valence-corrected chi connectivity index (χ1v) is 6.51. The second kappa shape index (κ2) is 9.85. The first kappa shape index (κ1) is 14.3. The number of thioether (sulfide) groups is 1. The topological polar surface area (TPSA) is 0 Å². The van der Waals surface area contributed by atoms with Crippen LogP contribution in [0.25, 0.3) is 0 Å². The monoisotopic (exact) mass is 222 g/mol. The Morgan fingerprint density at radius 2 is 2.07 bits per heavy atom. The molecule has 15 heavy (non-hydrogen) atoms. The highest BCUT2D eigenvalue weighted by atomic mass is 32.2. The van der Waals surface area contributed by atoms with E-state index in [4.69, 9.17) is 0 Å². The zero-order valence-electron chi connectivity index (χ0n) is 9.91. The SMILES string of the molecule is C=C/C=C\C(=C/C=C)CSC(C)CCC. The molecule has 0 rings (SSSR count). The van der Waals surface area contributed by atoms with Gasteiger partial charge >= 0.3 is 0 Å². The van der Waals surface area contributed by atoms with Crippen molar-refractivity contribution in [3.8, 4) is 0 Å². The van der Waals surface area contributed by atoms with E-state index in [9.17, 15) is 0 Å². The van der Waals surface area contributed by atoms with Crippen LogP contribution in [0.4, 0.5) is 0 Å². The van der Waals surface area contributed by atoms with Crippen molar-refractivity contribution in [3.63, 3.8) is 0 Å². The molecule has 1 atom stereocenters. The van der Waals surface area contributed by atoms with Crippen molar-refractivity contribution in [1.82, 2.24) is 0 Å². The van der Waals surface area contributed by atoms with Crippen LogP contribution in [0.5, 0.6) is 0 Å². The first-order valence-electron chi connectivity index (χ1n) is 5.46. The van der Waals surface area contributed by atoms with Crippen LogP contribution in [0.2, 0.25) is 0 Å². The molecule has 0 spiro atoms. The highest BCUT2D eigenvalue weighted by Crippen LogP contribution is 2.19. The van der Waals surface area contributed by atoms with Gasteiger partial charge in [0.15, 0.2) is 0 Å². The van der Waals surface area contributed by atoms with Crippen molar-refractivity contribution in [2.75, 3.05) is 5.75 Å². The van der Waals surface area contributed by atoms with Gasteiger partial charge in [0, 0.05) is 11.0 Å². The minimum absolute atomic E-state index is 0.736. The van der Waals surface area contributed by atoms with Gasteiger partial charge in [-0.25, -0.2) is 0 Å². The highest BCUT2D eigenvalue weighted by molar-refractivity contribution is 8.00. The summed E-state index contributed by atoms with van der Waals surface area (Å²) < 4.78 is 0. The molecule has 0 aliphatic heterocycles. The average molecular weight is 222 g/mol. The maximum Gasteiger partial charge on any atom is 0.0187 e.